The van der Waals surface area contributed by atoms with Crippen LogP contribution in [-0.2, 0) is 4.74 Å². The molecule has 0 unspecified atom stereocenters. The number of nitrogens with one attached hydrogen (secondary N) is 1. The molecule has 1 fully saturated rings. The van der Waals surface area contributed by atoms with Gasteiger partial charge < -0.3 is 10.1 Å². The second-order valence-electron chi connectivity index (χ2n) is 4.28. The summed E-state index contributed by atoms with van der Waals surface area (Å²) in [5, 5.41) is 2.36. The van der Waals surface area contributed by atoms with Gasteiger partial charge in [-0.25, -0.2) is 8.78 Å². The minimum Gasteiger partial charge on any atom is -0.379 e. The van der Waals surface area contributed by atoms with Crippen molar-refractivity contribution < 1.29 is 26.7 Å². The molecule has 1 aliphatic rings. The van der Waals surface area contributed by atoms with Crippen LogP contribution in [0.25, 0.3) is 0 Å². The summed E-state index contributed by atoms with van der Waals surface area (Å²) in [5.41, 5.74) is 0. The lowest BCUT2D eigenvalue weighted by Gasteiger charge is -2.27. The maximum Gasteiger partial charge on any atom is 0.394 e. The molecule has 1 saturated heterocycles. The third-order valence-electron chi connectivity index (χ3n) is 2.55. The highest BCUT2D eigenvalue weighted by Crippen LogP contribution is 2.30. The van der Waals surface area contributed by atoms with Crippen molar-refractivity contribution in [3.05, 3.63) is 0 Å². The number of rotatable bonds is 6. The van der Waals surface area contributed by atoms with Crippen molar-refractivity contribution in [1.82, 2.24) is 10.2 Å². The van der Waals surface area contributed by atoms with Gasteiger partial charge in [-0.2, -0.15) is 13.2 Å². The van der Waals surface area contributed by atoms with E-state index in [-0.39, 0.29) is 6.54 Å². The number of nitrogens with zero attached hydrogens (tertiary/aromatic N) is 1. The minimum atomic E-state index is -4.84. The Labute approximate surface area is 102 Å². The molecule has 0 radical (unpaired) electrons. The molecule has 108 valence electrons. The van der Waals surface area contributed by atoms with E-state index >= 15 is 0 Å². The van der Waals surface area contributed by atoms with Crippen molar-refractivity contribution in [2.45, 2.75) is 18.5 Å². The monoisotopic (exact) mass is 276 g/mol. The molecule has 0 bridgehead atoms. The molecular weight excluding hydrogens is 259 g/mol. The van der Waals surface area contributed by atoms with Crippen molar-refractivity contribution >= 4 is 0 Å². The maximum absolute atomic E-state index is 12.9. The summed E-state index contributed by atoms with van der Waals surface area (Å²) in [5.74, 6) is -3.75. The first-order valence-electron chi connectivity index (χ1n) is 5.74. The summed E-state index contributed by atoms with van der Waals surface area (Å²) in [7, 11) is 0. The van der Waals surface area contributed by atoms with Gasteiger partial charge in [0.2, 0.25) is 0 Å². The molecule has 1 heterocycles. The Balaban J connectivity index is 2.12. The van der Waals surface area contributed by atoms with Crippen LogP contribution in [0.1, 0.15) is 6.42 Å². The van der Waals surface area contributed by atoms with Gasteiger partial charge in [-0.15, -0.1) is 0 Å². The fourth-order valence-corrected chi connectivity index (χ4v) is 1.69. The van der Waals surface area contributed by atoms with Gasteiger partial charge in [-0.3, -0.25) is 4.90 Å². The minimum absolute atomic E-state index is 0.243. The van der Waals surface area contributed by atoms with Crippen LogP contribution in [0.15, 0.2) is 0 Å². The fourth-order valence-electron chi connectivity index (χ4n) is 1.69. The normalized spacial score (nSPS) is 19.2. The summed E-state index contributed by atoms with van der Waals surface area (Å²) in [6.45, 7) is 2.48. The van der Waals surface area contributed by atoms with Crippen LogP contribution in [-0.4, -0.2) is 62.9 Å². The van der Waals surface area contributed by atoms with Crippen LogP contribution in [0.5, 0.6) is 0 Å². The zero-order valence-corrected chi connectivity index (χ0v) is 9.90. The van der Waals surface area contributed by atoms with Gasteiger partial charge in [-0.05, 0) is 0 Å². The Morgan fingerprint density at radius 1 is 1.06 bits per heavy atom. The van der Waals surface area contributed by atoms with Gasteiger partial charge in [-0.1, -0.05) is 0 Å². The molecule has 0 aromatic carbocycles. The van der Waals surface area contributed by atoms with Crippen LogP contribution in [0, 0.1) is 0 Å². The number of ether oxygens (including phenoxy) is 1. The molecule has 0 aromatic rings. The van der Waals surface area contributed by atoms with Crippen molar-refractivity contribution in [2.24, 2.45) is 0 Å². The predicted molar refractivity (Wildman–Crippen MR) is 55.7 cm³/mol. The largest absolute Gasteiger partial charge is 0.394 e. The summed E-state index contributed by atoms with van der Waals surface area (Å²) in [6, 6.07) is 0. The molecule has 0 saturated carbocycles. The van der Waals surface area contributed by atoms with Crippen LogP contribution in [0.3, 0.4) is 0 Å². The van der Waals surface area contributed by atoms with Crippen LogP contribution >= 0.6 is 0 Å². The Hall–Kier alpha value is -0.470. The molecule has 1 aliphatic heterocycles. The average Bonchev–Trinajstić information content (AvgIpc) is 2.23. The second-order valence-corrected chi connectivity index (χ2v) is 4.28. The van der Waals surface area contributed by atoms with Crippen LogP contribution in [0.2, 0.25) is 0 Å². The van der Waals surface area contributed by atoms with Gasteiger partial charge in [0.25, 0.3) is 5.92 Å². The topological polar surface area (TPSA) is 24.5 Å². The predicted octanol–water partition coefficient (Wildman–Crippen LogP) is 1.50. The summed E-state index contributed by atoms with van der Waals surface area (Å²) >= 11 is 0. The van der Waals surface area contributed by atoms with E-state index in [0.717, 1.165) is 13.1 Å². The van der Waals surface area contributed by atoms with Crippen molar-refractivity contribution in [3.8, 4) is 0 Å². The molecule has 0 amide bonds. The van der Waals surface area contributed by atoms with Gasteiger partial charge >= 0.3 is 6.18 Å². The lowest BCUT2D eigenvalue weighted by molar-refractivity contribution is -0.186. The smallest absolute Gasteiger partial charge is 0.379 e. The number of halogens is 5. The molecule has 1 rings (SSSR count). The third kappa shape index (κ3) is 7.07. The molecule has 3 nitrogen and oxygen atoms in total. The zero-order chi connectivity index (χ0) is 13.6. The fraction of sp³-hybridized carbons (Fsp3) is 1.00. The quantitative estimate of drug-likeness (QED) is 0.587. The van der Waals surface area contributed by atoms with Crippen LogP contribution in [0.4, 0.5) is 22.0 Å². The summed E-state index contributed by atoms with van der Waals surface area (Å²) < 4.78 is 66.3. The molecule has 0 atom stereocenters. The van der Waals surface area contributed by atoms with Crippen LogP contribution < -0.4 is 5.32 Å². The van der Waals surface area contributed by atoms with Crippen molar-refractivity contribution in [3.63, 3.8) is 0 Å². The van der Waals surface area contributed by atoms with Gasteiger partial charge in [0.1, 0.15) is 6.42 Å². The number of hydrogen-bond acceptors (Lipinski definition) is 3. The second kappa shape index (κ2) is 6.63. The zero-order valence-electron chi connectivity index (χ0n) is 9.90. The van der Waals surface area contributed by atoms with Crippen molar-refractivity contribution in [2.75, 3.05) is 45.9 Å². The summed E-state index contributed by atoms with van der Waals surface area (Å²) in [4.78, 5) is 2.01. The van der Waals surface area contributed by atoms with Crippen molar-refractivity contribution in [1.29, 1.82) is 0 Å². The van der Waals surface area contributed by atoms with E-state index in [4.69, 9.17) is 4.74 Å². The Morgan fingerprint density at radius 3 is 2.22 bits per heavy atom. The number of alkyl halides is 5. The van der Waals surface area contributed by atoms with E-state index in [0.29, 0.717) is 19.8 Å². The summed E-state index contributed by atoms with van der Waals surface area (Å²) in [6.07, 6.45) is -6.92. The van der Waals surface area contributed by atoms with E-state index in [1.165, 1.54) is 0 Å². The molecule has 0 aliphatic carbocycles. The van der Waals surface area contributed by atoms with E-state index in [1.807, 2.05) is 4.90 Å². The molecular formula is C10H17F5N2O. The van der Waals surface area contributed by atoms with E-state index in [9.17, 15) is 22.0 Å². The molecule has 8 heteroatoms. The van der Waals surface area contributed by atoms with Gasteiger partial charge in [0, 0.05) is 26.2 Å². The maximum atomic E-state index is 12.9. The first kappa shape index (κ1) is 15.6. The number of morpholine rings is 1. The number of hydrogen-bond donors (Lipinski definition) is 1. The van der Waals surface area contributed by atoms with Gasteiger partial charge in [0.05, 0.1) is 19.8 Å². The Morgan fingerprint density at radius 2 is 1.67 bits per heavy atom. The lowest BCUT2D eigenvalue weighted by Crippen LogP contribution is -2.43. The lowest BCUT2D eigenvalue weighted by atomic mass is 10.2. The highest BCUT2D eigenvalue weighted by molar-refractivity contribution is 4.74. The molecule has 0 spiro atoms. The highest BCUT2D eigenvalue weighted by atomic mass is 19.4. The standard InChI is InChI=1S/C10H17F5N2O/c11-9(12,7-10(13,14)15)8-16-1-2-17-3-5-18-6-4-17/h16H,1-8H2. The SMILES string of the molecule is FC(F)(F)CC(F)(F)CNCCN1CCOCC1. The van der Waals surface area contributed by atoms with Gasteiger partial charge in [0.15, 0.2) is 0 Å². The Kier molecular flexibility index (Phi) is 5.74. The first-order valence-corrected chi connectivity index (χ1v) is 5.74. The molecule has 18 heavy (non-hydrogen) atoms. The third-order valence-corrected chi connectivity index (χ3v) is 2.55. The van der Waals surface area contributed by atoms with E-state index in [1.54, 1.807) is 0 Å². The Bertz CT molecular complexity index is 241. The molecule has 1 N–H and O–H groups in total. The van der Waals surface area contributed by atoms with E-state index < -0.39 is 25.1 Å². The molecule has 0 aromatic heterocycles. The average molecular weight is 276 g/mol. The highest BCUT2D eigenvalue weighted by Gasteiger charge is 2.43. The first-order chi connectivity index (χ1) is 8.29. The van der Waals surface area contributed by atoms with E-state index in [2.05, 4.69) is 5.32 Å².